The molecule has 1 unspecified atom stereocenters. The maximum absolute atomic E-state index is 11.2. The van der Waals surface area contributed by atoms with Crippen LogP contribution in [0.3, 0.4) is 0 Å². The summed E-state index contributed by atoms with van der Waals surface area (Å²) in [7, 11) is 0. The van der Waals surface area contributed by atoms with Crippen LogP contribution in [0.5, 0.6) is 0 Å². The molecule has 0 amide bonds. The number of hydrogen-bond acceptors (Lipinski definition) is 2. The van der Waals surface area contributed by atoms with Gasteiger partial charge in [-0.15, -0.1) is 0 Å². The van der Waals surface area contributed by atoms with E-state index in [1.165, 1.54) is 12.5 Å². The Labute approximate surface area is 110 Å². The maximum Gasteiger partial charge on any atom is 0.303 e. The molecule has 0 aliphatic carbocycles. The van der Waals surface area contributed by atoms with E-state index in [-0.39, 0.29) is 18.0 Å². The van der Waals surface area contributed by atoms with E-state index in [2.05, 4.69) is 25.6 Å². The second-order valence-electron chi connectivity index (χ2n) is 4.71. The van der Waals surface area contributed by atoms with Gasteiger partial charge in [0, 0.05) is 12.8 Å². The molecule has 0 aromatic heterocycles. The van der Waals surface area contributed by atoms with Gasteiger partial charge in [-0.1, -0.05) is 50.8 Å². The van der Waals surface area contributed by atoms with Gasteiger partial charge in [0.05, 0.1) is 0 Å². The van der Waals surface area contributed by atoms with Gasteiger partial charge in [-0.25, -0.2) is 0 Å². The van der Waals surface area contributed by atoms with Gasteiger partial charge in [-0.2, -0.15) is 0 Å². The SMILES string of the molecule is C=C(CC)C(OC(C)=O)[C@H](C)Cc1ccccc1. The minimum Gasteiger partial charge on any atom is -0.458 e. The average molecular weight is 246 g/mol. The molecular weight excluding hydrogens is 224 g/mol. The molecule has 0 aliphatic rings. The van der Waals surface area contributed by atoms with Crippen LogP contribution >= 0.6 is 0 Å². The highest BCUT2D eigenvalue weighted by atomic mass is 16.5. The Bertz CT molecular complexity index is 395. The first-order valence-electron chi connectivity index (χ1n) is 6.43. The summed E-state index contributed by atoms with van der Waals surface area (Å²) in [5.41, 5.74) is 2.24. The summed E-state index contributed by atoms with van der Waals surface area (Å²) in [5.74, 6) is -0.00161. The Balaban J connectivity index is 2.73. The highest BCUT2D eigenvalue weighted by Crippen LogP contribution is 2.22. The summed E-state index contributed by atoms with van der Waals surface area (Å²) in [6.07, 6.45) is 1.53. The molecule has 0 N–H and O–H groups in total. The van der Waals surface area contributed by atoms with Gasteiger partial charge in [0.25, 0.3) is 0 Å². The van der Waals surface area contributed by atoms with Crippen molar-refractivity contribution in [3.05, 3.63) is 48.0 Å². The van der Waals surface area contributed by atoms with E-state index < -0.39 is 0 Å². The normalized spacial score (nSPS) is 13.7. The second-order valence-corrected chi connectivity index (χ2v) is 4.71. The topological polar surface area (TPSA) is 26.3 Å². The predicted octanol–water partition coefficient (Wildman–Crippen LogP) is 3.76. The fraction of sp³-hybridized carbons (Fsp3) is 0.438. The Morgan fingerprint density at radius 1 is 1.33 bits per heavy atom. The van der Waals surface area contributed by atoms with E-state index in [0.717, 1.165) is 18.4 Å². The molecule has 18 heavy (non-hydrogen) atoms. The molecule has 1 aromatic rings. The zero-order chi connectivity index (χ0) is 13.5. The lowest BCUT2D eigenvalue weighted by Gasteiger charge is -2.25. The van der Waals surface area contributed by atoms with E-state index >= 15 is 0 Å². The van der Waals surface area contributed by atoms with Crippen LogP contribution in [0.4, 0.5) is 0 Å². The molecule has 2 heteroatoms. The smallest absolute Gasteiger partial charge is 0.303 e. The molecule has 0 saturated carbocycles. The lowest BCUT2D eigenvalue weighted by Crippen LogP contribution is -2.27. The first kappa shape index (κ1) is 14.5. The first-order valence-corrected chi connectivity index (χ1v) is 6.43. The van der Waals surface area contributed by atoms with Crippen LogP contribution in [0.2, 0.25) is 0 Å². The standard InChI is InChI=1S/C16H22O2/c1-5-12(2)16(18-14(4)17)13(3)11-15-9-7-6-8-10-15/h6-10,13,16H,2,5,11H2,1,3-4H3/t13-,16?/m1/s1. The van der Waals surface area contributed by atoms with Crippen molar-refractivity contribution in [3.63, 3.8) is 0 Å². The zero-order valence-corrected chi connectivity index (χ0v) is 11.5. The maximum atomic E-state index is 11.2. The van der Waals surface area contributed by atoms with Crippen LogP contribution in [0.1, 0.15) is 32.8 Å². The van der Waals surface area contributed by atoms with Gasteiger partial charge >= 0.3 is 5.97 Å². The summed E-state index contributed by atoms with van der Waals surface area (Å²) < 4.78 is 5.40. The lowest BCUT2D eigenvalue weighted by molar-refractivity contribution is -0.146. The van der Waals surface area contributed by atoms with Gasteiger partial charge in [-0.05, 0) is 24.0 Å². The van der Waals surface area contributed by atoms with E-state index in [1.54, 1.807) is 0 Å². The number of ether oxygens (including phenoxy) is 1. The van der Waals surface area contributed by atoms with Gasteiger partial charge in [0.1, 0.15) is 6.10 Å². The zero-order valence-electron chi connectivity index (χ0n) is 11.5. The molecule has 2 atom stereocenters. The van der Waals surface area contributed by atoms with Crippen molar-refractivity contribution in [3.8, 4) is 0 Å². The summed E-state index contributed by atoms with van der Waals surface area (Å²) in [6, 6.07) is 10.2. The van der Waals surface area contributed by atoms with E-state index in [0.29, 0.717) is 0 Å². The molecule has 0 radical (unpaired) electrons. The number of esters is 1. The Morgan fingerprint density at radius 3 is 2.44 bits per heavy atom. The van der Waals surface area contributed by atoms with Crippen LogP contribution in [0.25, 0.3) is 0 Å². The highest BCUT2D eigenvalue weighted by Gasteiger charge is 2.22. The summed E-state index contributed by atoms with van der Waals surface area (Å²) in [6.45, 7) is 9.60. The van der Waals surface area contributed by atoms with Crippen molar-refractivity contribution in [1.82, 2.24) is 0 Å². The Kier molecular flexibility index (Phi) is 5.63. The average Bonchev–Trinajstić information content (AvgIpc) is 2.36. The van der Waals surface area contributed by atoms with Crippen LogP contribution in [0, 0.1) is 5.92 Å². The van der Waals surface area contributed by atoms with Crippen LogP contribution in [-0.2, 0) is 16.0 Å². The second kappa shape index (κ2) is 7.00. The predicted molar refractivity (Wildman–Crippen MR) is 74.3 cm³/mol. The largest absolute Gasteiger partial charge is 0.458 e. The molecule has 1 rings (SSSR count). The van der Waals surface area contributed by atoms with E-state index in [1.807, 2.05) is 25.1 Å². The van der Waals surface area contributed by atoms with Gasteiger partial charge < -0.3 is 4.74 Å². The molecule has 0 spiro atoms. The molecule has 1 aromatic carbocycles. The quantitative estimate of drug-likeness (QED) is 0.564. The Morgan fingerprint density at radius 2 is 1.94 bits per heavy atom. The summed E-state index contributed by atoms with van der Waals surface area (Å²) in [5, 5.41) is 0. The van der Waals surface area contributed by atoms with E-state index in [4.69, 9.17) is 4.74 Å². The monoisotopic (exact) mass is 246 g/mol. The molecule has 0 heterocycles. The number of carbonyl (C=O) groups excluding carboxylic acids is 1. The number of rotatable bonds is 6. The fourth-order valence-corrected chi connectivity index (χ4v) is 2.07. The van der Waals surface area contributed by atoms with Crippen LogP contribution in [-0.4, -0.2) is 12.1 Å². The lowest BCUT2D eigenvalue weighted by atomic mass is 9.90. The molecule has 0 aliphatic heterocycles. The van der Waals surface area contributed by atoms with Crippen molar-refractivity contribution in [2.24, 2.45) is 5.92 Å². The van der Waals surface area contributed by atoms with Crippen molar-refractivity contribution in [2.45, 2.75) is 39.7 Å². The van der Waals surface area contributed by atoms with Crippen molar-refractivity contribution < 1.29 is 9.53 Å². The van der Waals surface area contributed by atoms with Crippen molar-refractivity contribution in [1.29, 1.82) is 0 Å². The third-order valence-corrected chi connectivity index (χ3v) is 3.07. The van der Waals surface area contributed by atoms with Gasteiger partial charge in [-0.3, -0.25) is 4.79 Å². The number of benzene rings is 1. The number of hydrogen-bond donors (Lipinski definition) is 0. The summed E-state index contributed by atoms with van der Waals surface area (Å²) in [4.78, 5) is 11.2. The van der Waals surface area contributed by atoms with Gasteiger partial charge in [0.2, 0.25) is 0 Å². The van der Waals surface area contributed by atoms with Gasteiger partial charge in [0.15, 0.2) is 0 Å². The first-order chi connectivity index (χ1) is 8.54. The molecule has 0 fully saturated rings. The molecule has 0 bridgehead atoms. The molecule has 2 nitrogen and oxygen atoms in total. The highest BCUT2D eigenvalue weighted by molar-refractivity contribution is 5.66. The molecular formula is C16H22O2. The van der Waals surface area contributed by atoms with Crippen LogP contribution in [0.15, 0.2) is 42.5 Å². The molecule has 98 valence electrons. The van der Waals surface area contributed by atoms with Crippen molar-refractivity contribution in [2.75, 3.05) is 0 Å². The number of carbonyl (C=O) groups is 1. The molecule has 0 saturated heterocycles. The summed E-state index contributed by atoms with van der Waals surface area (Å²) >= 11 is 0. The Hall–Kier alpha value is -1.57. The minimum atomic E-state index is -0.241. The van der Waals surface area contributed by atoms with Crippen LogP contribution < -0.4 is 0 Å². The van der Waals surface area contributed by atoms with Crippen molar-refractivity contribution >= 4 is 5.97 Å². The minimum absolute atomic E-state index is 0.187. The third-order valence-electron chi connectivity index (χ3n) is 3.07. The van der Waals surface area contributed by atoms with E-state index in [9.17, 15) is 4.79 Å². The third kappa shape index (κ3) is 4.36. The fourth-order valence-electron chi connectivity index (χ4n) is 2.07.